The van der Waals surface area contributed by atoms with E-state index in [4.69, 9.17) is 10.7 Å². The molecule has 0 fully saturated rings. The monoisotopic (exact) mass is 482 g/mol. The van der Waals surface area contributed by atoms with Crippen LogP contribution >= 0.6 is 11.3 Å². The molecule has 2 heterocycles. The number of aromatic nitrogens is 1. The predicted molar refractivity (Wildman–Crippen MR) is 152 cm³/mol. The van der Waals surface area contributed by atoms with Crippen molar-refractivity contribution in [2.45, 2.75) is 0 Å². The predicted octanol–water partition coefficient (Wildman–Crippen LogP) is 8.80. The van der Waals surface area contributed by atoms with Crippen LogP contribution in [0.3, 0.4) is 0 Å². The third kappa shape index (κ3) is 3.25. The number of benzene rings is 5. The van der Waals surface area contributed by atoms with E-state index in [1.807, 2.05) is 24.3 Å². The highest BCUT2D eigenvalue weighted by Crippen LogP contribution is 2.54. The topological polar surface area (TPSA) is 45.4 Å². The van der Waals surface area contributed by atoms with E-state index in [1.165, 1.54) is 0 Å². The summed E-state index contributed by atoms with van der Waals surface area (Å²) >= 11 is 1.67. The van der Waals surface area contributed by atoms with Crippen LogP contribution in [0.15, 0.2) is 121 Å². The standard InChI is InChI=1S/C31H22N4S/c32-24-20-22(18-19-23(24)31-33-25-12-4-9-17-30(25)36-31)35-28-15-7-5-13-26(28)34(21-10-2-1-3-11-21)27-14-6-8-16-29(27)35/h1-20H,32H2. The molecular formula is C31H22N4S. The average molecular weight is 483 g/mol. The third-order valence-electron chi connectivity index (χ3n) is 6.56. The lowest BCUT2D eigenvalue weighted by atomic mass is 10.0. The first kappa shape index (κ1) is 20.7. The fourth-order valence-corrected chi connectivity index (χ4v) is 5.96. The van der Waals surface area contributed by atoms with Gasteiger partial charge in [-0.25, -0.2) is 4.98 Å². The van der Waals surface area contributed by atoms with Gasteiger partial charge in [-0.05, 0) is 66.7 Å². The van der Waals surface area contributed by atoms with Crippen LogP contribution in [0.1, 0.15) is 0 Å². The Labute approximate surface area is 213 Å². The molecule has 0 aliphatic carbocycles. The molecule has 0 radical (unpaired) electrons. The minimum atomic E-state index is 0.715. The van der Waals surface area contributed by atoms with E-state index in [9.17, 15) is 0 Å². The summed E-state index contributed by atoms with van der Waals surface area (Å²) < 4.78 is 1.16. The number of nitrogen functional groups attached to an aromatic ring is 1. The van der Waals surface area contributed by atoms with Crippen LogP contribution in [0.25, 0.3) is 20.8 Å². The summed E-state index contributed by atoms with van der Waals surface area (Å²) in [6, 6.07) is 42.0. The molecular weight excluding hydrogens is 460 g/mol. The molecule has 0 unspecified atom stereocenters. The first-order valence-corrected chi connectivity index (χ1v) is 12.7. The van der Waals surface area contributed by atoms with Gasteiger partial charge in [0.2, 0.25) is 0 Å². The molecule has 4 nitrogen and oxygen atoms in total. The molecule has 0 amide bonds. The number of para-hydroxylation sites is 6. The molecule has 5 aromatic carbocycles. The van der Waals surface area contributed by atoms with E-state index in [2.05, 4.69) is 107 Å². The Balaban J connectivity index is 1.38. The van der Waals surface area contributed by atoms with Crippen molar-refractivity contribution in [1.82, 2.24) is 4.98 Å². The summed E-state index contributed by atoms with van der Waals surface area (Å²) in [7, 11) is 0. The zero-order valence-corrected chi connectivity index (χ0v) is 20.2. The molecule has 36 heavy (non-hydrogen) atoms. The van der Waals surface area contributed by atoms with E-state index in [-0.39, 0.29) is 0 Å². The Morgan fingerprint density at radius 1 is 0.556 bits per heavy atom. The Bertz CT molecular complexity index is 1640. The molecule has 0 saturated heterocycles. The molecule has 1 aromatic heterocycles. The van der Waals surface area contributed by atoms with Gasteiger partial charge in [0.25, 0.3) is 0 Å². The molecule has 0 spiro atoms. The van der Waals surface area contributed by atoms with Crippen molar-refractivity contribution in [2.75, 3.05) is 15.5 Å². The number of nitrogens with two attached hydrogens (primary N) is 1. The highest BCUT2D eigenvalue weighted by Gasteiger charge is 2.30. The lowest BCUT2D eigenvalue weighted by Crippen LogP contribution is -2.23. The van der Waals surface area contributed by atoms with Crippen molar-refractivity contribution < 1.29 is 0 Å². The summed E-state index contributed by atoms with van der Waals surface area (Å²) in [6.07, 6.45) is 0. The fraction of sp³-hybridized carbons (Fsp3) is 0. The lowest BCUT2D eigenvalue weighted by Gasteiger charge is -2.40. The van der Waals surface area contributed by atoms with Crippen LogP contribution in [0.2, 0.25) is 0 Å². The van der Waals surface area contributed by atoms with Gasteiger partial charge in [0.05, 0.1) is 33.0 Å². The molecule has 7 rings (SSSR count). The summed E-state index contributed by atoms with van der Waals surface area (Å²) in [6.45, 7) is 0. The highest BCUT2D eigenvalue weighted by molar-refractivity contribution is 7.21. The molecule has 2 N–H and O–H groups in total. The number of hydrogen-bond acceptors (Lipinski definition) is 5. The van der Waals surface area contributed by atoms with Crippen LogP contribution in [0.4, 0.5) is 39.8 Å². The second-order valence-corrected chi connectivity index (χ2v) is 9.77. The third-order valence-corrected chi connectivity index (χ3v) is 7.63. The number of fused-ring (bicyclic) bond motifs is 3. The first-order chi connectivity index (χ1) is 17.8. The molecule has 172 valence electrons. The summed E-state index contributed by atoms with van der Waals surface area (Å²) in [4.78, 5) is 9.43. The Kier molecular flexibility index (Phi) is 4.76. The van der Waals surface area contributed by atoms with Crippen molar-refractivity contribution >= 4 is 61.4 Å². The number of thiazole rings is 1. The molecule has 1 aliphatic rings. The van der Waals surface area contributed by atoms with Crippen molar-refractivity contribution in [2.24, 2.45) is 0 Å². The van der Waals surface area contributed by atoms with Crippen LogP contribution in [0, 0.1) is 0 Å². The quantitative estimate of drug-likeness (QED) is 0.256. The second kappa shape index (κ2) is 8.26. The van der Waals surface area contributed by atoms with E-state index in [0.29, 0.717) is 5.69 Å². The Morgan fingerprint density at radius 3 is 1.72 bits per heavy atom. The summed E-state index contributed by atoms with van der Waals surface area (Å²) in [5.74, 6) is 0. The van der Waals surface area contributed by atoms with Gasteiger partial charge in [0.1, 0.15) is 5.01 Å². The minimum Gasteiger partial charge on any atom is -0.398 e. The average Bonchev–Trinajstić information content (AvgIpc) is 3.36. The maximum atomic E-state index is 6.67. The minimum absolute atomic E-state index is 0.715. The van der Waals surface area contributed by atoms with Crippen molar-refractivity contribution in [1.29, 1.82) is 0 Å². The first-order valence-electron chi connectivity index (χ1n) is 11.9. The normalized spacial score (nSPS) is 12.4. The van der Waals surface area contributed by atoms with E-state index >= 15 is 0 Å². The van der Waals surface area contributed by atoms with Crippen LogP contribution < -0.4 is 15.5 Å². The van der Waals surface area contributed by atoms with Gasteiger partial charge in [-0.1, -0.05) is 54.6 Å². The van der Waals surface area contributed by atoms with E-state index in [1.54, 1.807) is 11.3 Å². The number of anilines is 7. The van der Waals surface area contributed by atoms with Crippen molar-refractivity contribution in [3.63, 3.8) is 0 Å². The zero-order chi connectivity index (χ0) is 24.1. The number of rotatable bonds is 3. The fourth-order valence-electron chi connectivity index (χ4n) is 4.95. The van der Waals surface area contributed by atoms with Crippen molar-refractivity contribution in [3.05, 3.63) is 121 Å². The lowest BCUT2D eigenvalue weighted by molar-refractivity contribution is 1.17. The van der Waals surface area contributed by atoms with Crippen molar-refractivity contribution in [3.8, 4) is 10.6 Å². The largest absolute Gasteiger partial charge is 0.398 e. The van der Waals surface area contributed by atoms with Gasteiger partial charge in [-0.2, -0.15) is 0 Å². The maximum absolute atomic E-state index is 6.67. The summed E-state index contributed by atoms with van der Waals surface area (Å²) in [5.41, 5.74) is 15.9. The summed E-state index contributed by atoms with van der Waals surface area (Å²) in [5, 5.41) is 0.940. The molecule has 1 aliphatic heterocycles. The van der Waals surface area contributed by atoms with Gasteiger partial charge in [-0.15, -0.1) is 11.3 Å². The van der Waals surface area contributed by atoms with Gasteiger partial charge >= 0.3 is 0 Å². The van der Waals surface area contributed by atoms with Gasteiger partial charge < -0.3 is 15.5 Å². The molecule has 6 aromatic rings. The van der Waals surface area contributed by atoms with Crippen LogP contribution in [0.5, 0.6) is 0 Å². The Hall–Kier alpha value is -4.61. The smallest absolute Gasteiger partial charge is 0.126 e. The number of nitrogens with zero attached hydrogens (tertiary/aromatic N) is 3. The molecule has 0 saturated carbocycles. The maximum Gasteiger partial charge on any atom is 0.126 e. The highest BCUT2D eigenvalue weighted by atomic mass is 32.1. The van der Waals surface area contributed by atoms with E-state index < -0.39 is 0 Å². The molecule has 0 bridgehead atoms. The van der Waals surface area contributed by atoms with Crippen LogP contribution in [-0.2, 0) is 0 Å². The van der Waals surface area contributed by atoms with Gasteiger partial charge in [-0.3, -0.25) is 0 Å². The molecule has 0 atom stereocenters. The van der Waals surface area contributed by atoms with Crippen LogP contribution in [-0.4, -0.2) is 4.98 Å². The Morgan fingerprint density at radius 2 is 1.11 bits per heavy atom. The van der Waals surface area contributed by atoms with E-state index in [0.717, 1.165) is 54.9 Å². The molecule has 5 heteroatoms. The van der Waals surface area contributed by atoms with Gasteiger partial charge in [0.15, 0.2) is 0 Å². The number of hydrogen-bond donors (Lipinski definition) is 1. The SMILES string of the molecule is Nc1cc(N2c3ccccc3N(c3ccccc3)c3ccccc32)ccc1-c1nc2ccccc2s1. The zero-order valence-electron chi connectivity index (χ0n) is 19.4. The van der Waals surface area contributed by atoms with Gasteiger partial charge in [0, 0.05) is 22.6 Å². The second-order valence-electron chi connectivity index (χ2n) is 8.74.